The summed E-state index contributed by atoms with van der Waals surface area (Å²) in [4.78, 5) is 9.00. The monoisotopic (exact) mass is 453 g/mol. The molecule has 1 aliphatic heterocycles. The molecule has 0 amide bonds. The van der Waals surface area contributed by atoms with Crippen molar-refractivity contribution < 1.29 is 9.84 Å². The lowest BCUT2D eigenvalue weighted by Gasteiger charge is -2.36. The maximum Gasteiger partial charge on any atom is 0.128 e. The van der Waals surface area contributed by atoms with Crippen molar-refractivity contribution in [3.05, 3.63) is 66.4 Å². The molecular weight excluding hydrogens is 421 g/mol. The average Bonchev–Trinajstić information content (AvgIpc) is 2.74. The molecule has 0 spiro atoms. The zero-order chi connectivity index (χ0) is 19.8. The highest BCUT2D eigenvalue weighted by Gasteiger charge is 2.20. The van der Waals surface area contributed by atoms with E-state index in [1.165, 1.54) is 11.1 Å². The van der Waals surface area contributed by atoms with E-state index in [0.717, 1.165) is 50.6 Å². The van der Waals surface area contributed by atoms with Crippen molar-refractivity contribution in [3.8, 4) is 5.75 Å². The molecular formula is C23H33Cl2N3O2. The molecule has 1 aromatic heterocycles. The third kappa shape index (κ3) is 7.47. The first kappa shape index (κ1) is 26.2. The fourth-order valence-electron chi connectivity index (χ4n) is 3.58. The molecule has 1 aliphatic rings. The van der Waals surface area contributed by atoms with Crippen molar-refractivity contribution in [2.45, 2.75) is 25.9 Å². The van der Waals surface area contributed by atoms with Crippen LogP contribution in [0.25, 0.3) is 0 Å². The summed E-state index contributed by atoms with van der Waals surface area (Å²) in [7, 11) is 0. The summed E-state index contributed by atoms with van der Waals surface area (Å²) >= 11 is 0. The Labute approximate surface area is 192 Å². The highest BCUT2D eigenvalue weighted by Crippen LogP contribution is 2.22. The van der Waals surface area contributed by atoms with E-state index < -0.39 is 6.10 Å². The lowest BCUT2D eigenvalue weighted by Crippen LogP contribution is -2.49. The molecule has 0 bridgehead atoms. The molecule has 1 atom stereocenters. The first-order chi connectivity index (χ1) is 13.7. The molecule has 166 valence electrons. The molecule has 1 aromatic carbocycles. The van der Waals surface area contributed by atoms with Crippen LogP contribution in [0.4, 0.5) is 5.82 Å². The molecule has 0 saturated carbocycles. The van der Waals surface area contributed by atoms with E-state index >= 15 is 0 Å². The van der Waals surface area contributed by atoms with Crippen LogP contribution in [0.1, 0.15) is 18.1 Å². The fraction of sp³-hybridized carbons (Fsp3) is 0.435. The quantitative estimate of drug-likeness (QED) is 0.585. The number of aromatic nitrogens is 1. The van der Waals surface area contributed by atoms with Crippen LogP contribution in [0.2, 0.25) is 0 Å². The number of halogens is 2. The maximum absolute atomic E-state index is 10.4. The molecule has 3 rings (SSSR count). The highest BCUT2D eigenvalue weighted by molar-refractivity contribution is 5.85. The van der Waals surface area contributed by atoms with Crippen molar-refractivity contribution in [1.82, 2.24) is 9.88 Å². The summed E-state index contributed by atoms with van der Waals surface area (Å²) in [5, 5.41) is 10.4. The number of nitrogens with zero attached hydrogens (tertiary/aromatic N) is 3. The van der Waals surface area contributed by atoms with Crippen LogP contribution < -0.4 is 9.64 Å². The number of allylic oxidation sites excluding steroid dienone is 1. The fourth-order valence-corrected chi connectivity index (χ4v) is 3.58. The number of aryl methyl sites for hydroxylation is 1. The Morgan fingerprint density at radius 3 is 2.57 bits per heavy atom. The Morgan fingerprint density at radius 1 is 1.17 bits per heavy atom. The van der Waals surface area contributed by atoms with Crippen LogP contribution in [-0.2, 0) is 12.8 Å². The van der Waals surface area contributed by atoms with E-state index in [1.807, 2.05) is 36.5 Å². The van der Waals surface area contributed by atoms with Gasteiger partial charge in [-0.3, -0.25) is 4.90 Å². The second-order valence-electron chi connectivity index (χ2n) is 7.23. The number of hydrogen-bond acceptors (Lipinski definition) is 5. The van der Waals surface area contributed by atoms with Crippen LogP contribution in [-0.4, -0.2) is 60.4 Å². The van der Waals surface area contributed by atoms with Gasteiger partial charge in [0.05, 0.1) is 0 Å². The summed E-state index contributed by atoms with van der Waals surface area (Å²) in [5.41, 5.74) is 2.42. The predicted molar refractivity (Wildman–Crippen MR) is 129 cm³/mol. The van der Waals surface area contributed by atoms with Gasteiger partial charge in [-0.1, -0.05) is 31.2 Å². The van der Waals surface area contributed by atoms with Gasteiger partial charge in [-0.15, -0.1) is 31.4 Å². The normalized spacial score (nSPS) is 14.9. The zero-order valence-electron chi connectivity index (χ0n) is 17.6. The van der Waals surface area contributed by atoms with E-state index in [0.29, 0.717) is 13.2 Å². The van der Waals surface area contributed by atoms with Gasteiger partial charge in [-0.25, -0.2) is 4.98 Å². The minimum atomic E-state index is -0.501. The van der Waals surface area contributed by atoms with Crippen molar-refractivity contribution in [1.29, 1.82) is 0 Å². The van der Waals surface area contributed by atoms with Gasteiger partial charge in [-0.05, 0) is 42.2 Å². The van der Waals surface area contributed by atoms with Crippen molar-refractivity contribution in [2.75, 3.05) is 44.2 Å². The minimum absolute atomic E-state index is 0. The molecule has 5 nitrogen and oxygen atoms in total. The maximum atomic E-state index is 10.4. The number of benzene rings is 1. The molecule has 7 heteroatoms. The van der Waals surface area contributed by atoms with Gasteiger partial charge in [0.15, 0.2) is 0 Å². The summed E-state index contributed by atoms with van der Waals surface area (Å²) in [6.45, 7) is 10.6. The van der Waals surface area contributed by atoms with Crippen LogP contribution in [0.5, 0.6) is 5.75 Å². The number of aliphatic hydroxyl groups is 1. The van der Waals surface area contributed by atoms with Gasteiger partial charge in [0.2, 0.25) is 0 Å². The standard InChI is InChI=1S/C23H31N3O2.2ClH/c1-3-7-19-9-10-22(20(4-2)16-19)28-18-21(27)17-25-12-14-26(15-13-25)23-8-5-6-11-24-23;;/h3,5-6,8-11,16,21,27H,1,4,7,12-15,17-18H2,2H3;2*1H. The zero-order valence-corrected chi connectivity index (χ0v) is 19.2. The lowest BCUT2D eigenvalue weighted by molar-refractivity contribution is 0.0659. The Bertz CT molecular complexity index is 753. The van der Waals surface area contributed by atoms with E-state index in [-0.39, 0.29) is 24.8 Å². The van der Waals surface area contributed by atoms with Crippen LogP contribution in [0.3, 0.4) is 0 Å². The highest BCUT2D eigenvalue weighted by atomic mass is 35.5. The molecule has 1 N–H and O–H groups in total. The molecule has 30 heavy (non-hydrogen) atoms. The van der Waals surface area contributed by atoms with Crippen molar-refractivity contribution in [2.24, 2.45) is 0 Å². The Hall–Kier alpha value is -1.79. The largest absolute Gasteiger partial charge is 0.491 e. The molecule has 0 aliphatic carbocycles. The number of ether oxygens (including phenoxy) is 1. The SMILES string of the molecule is C=CCc1ccc(OCC(O)CN2CCN(c3ccccn3)CC2)c(CC)c1.Cl.Cl. The number of β-amino-alcohol motifs (C(OH)–C–C–N with tert-alkyl or cyclic N) is 1. The summed E-state index contributed by atoms with van der Waals surface area (Å²) in [6, 6.07) is 12.2. The molecule has 0 radical (unpaired) electrons. The van der Waals surface area contributed by atoms with E-state index in [4.69, 9.17) is 4.74 Å². The van der Waals surface area contributed by atoms with Gasteiger partial charge in [0.25, 0.3) is 0 Å². The van der Waals surface area contributed by atoms with Gasteiger partial charge in [0, 0.05) is 38.9 Å². The van der Waals surface area contributed by atoms with Gasteiger partial charge < -0.3 is 14.7 Å². The van der Waals surface area contributed by atoms with Crippen molar-refractivity contribution >= 4 is 30.6 Å². The van der Waals surface area contributed by atoms with Crippen molar-refractivity contribution in [3.63, 3.8) is 0 Å². The van der Waals surface area contributed by atoms with Crippen LogP contribution >= 0.6 is 24.8 Å². The van der Waals surface area contributed by atoms with Crippen LogP contribution in [0, 0.1) is 0 Å². The molecule has 1 fully saturated rings. The van der Waals surface area contributed by atoms with Gasteiger partial charge in [0.1, 0.15) is 24.3 Å². The minimum Gasteiger partial charge on any atom is -0.491 e. The van der Waals surface area contributed by atoms with Crippen LogP contribution in [0.15, 0.2) is 55.3 Å². The van der Waals surface area contributed by atoms with Gasteiger partial charge >= 0.3 is 0 Å². The second-order valence-corrected chi connectivity index (χ2v) is 7.23. The first-order valence-electron chi connectivity index (χ1n) is 10.1. The number of piperazine rings is 1. The van der Waals surface area contributed by atoms with E-state index in [9.17, 15) is 5.11 Å². The number of anilines is 1. The third-order valence-electron chi connectivity index (χ3n) is 5.13. The molecule has 1 saturated heterocycles. The Morgan fingerprint density at radius 2 is 1.93 bits per heavy atom. The number of hydrogen-bond donors (Lipinski definition) is 1. The Kier molecular flexibility index (Phi) is 11.8. The third-order valence-corrected chi connectivity index (χ3v) is 5.13. The smallest absolute Gasteiger partial charge is 0.128 e. The van der Waals surface area contributed by atoms with E-state index in [2.05, 4.69) is 40.4 Å². The predicted octanol–water partition coefficient (Wildman–Crippen LogP) is 3.78. The second kappa shape index (κ2) is 13.5. The Balaban J connectivity index is 0.00000225. The van der Waals surface area contributed by atoms with Gasteiger partial charge in [-0.2, -0.15) is 0 Å². The van der Waals surface area contributed by atoms with E-state index in [1.54, 1.807) is 0 Å². The molecule has 2 aromatic rings. The summed E-state index contributed by atoms with van der Waals surface area (Å²) < 4.78 is 5.93. The average molecular weight is 454 g/mol. The number of rotatable bonds is 9. The first-order valence-corrected chi connectivity index (χ1v) is 10.1. The summed E-state index contributed by atoms with van der Waals surface area (Å²) in [6.07, 6.45) is 5.01. The lowest BCUT2D eigenvalue weighted by atomic mass is 10.1. The number of aliphatic hydroxyl groups excluding tert-OH is 1. The summed E-state index contributed by atoms with van der Waals surface area (Å²) in [5.74, 6) is 1.90. The molecule has 1 unspecified atom stereocenters. The molecule has 2 heterocycles. The topological polar surface area (TPSA) is 48.8 Å². The number of pyridine rings is 1.